The maximum Gasteiger partial charge on any atom is 0.324 e. The molecule has 0 radical (unpaired) electrons. The molecule has 3 atom stereocenters. The van der Waals surface area contributed by atoms with E-state index in [9.17, 15) is 9.90 Å². The van der Waals surface area contributed by atoms with Gasteiger partial charge in [-0.3, -0.25) is 10.1 Å². The van der Waals surface area contributed by atoms with E-state index >= 15 is 0 Å². The lowest BCUT2D eigenvalue weighted by molar-refractivity contribution is -0.147. The average molecular weight is 296 g/mol. The topological polar surface area (TPSA) is 52.6 Å². The molecule has 21 heavy (non-hydrogen) atoms. The Morgan fingerprint density at radius 3 is 2.76 bits per heavy atom. The van der Waals surface area contributed by atoms with E-state index in [1.165, 1.54) is 25.9 Å². The van der Waals surface area contributed by atoms with E-state index in [1.54, 1.807) is 0 Å². The Bertz CT molecular complexity index is 359. The number of rotatable bonds is 7. The van der Waals surface area contributed by atoms with E-state index in [1.807, 2.05) is 13.8 Å². The summed E-state index contributed by atoms with van der Waals surface area (Å²) in [7, 11) is 0. The molecule has 2 aliphatic rings. The van der Waals surface area contributed by atoms with Crippen LogP contribution >= 0.6 is 0 Å². The van der Waals surface area contributed by atoms with Crippen LogP contribution in [0.5, 0.6) is 0 Å². The molecule has 0 aromatic carbocycles. The van der Waals surface area contributed by atoms with E-state index in [0.29, 0.717) is 0 Å². The highest BCUT2D eigenvalue weighted by molar-refractivity contribution is 5.79. The highest BCUT2D eigenvalue weighted by Crippen LogP contribution is 2.39. The standard InChI is InChI=1S/C17H32N2O2/c1-4-14-7-10-19(12-14)11-8-15-6-5-9-17(15,16(20)21)18-13(2)3/h13-15,18H,4-12H2,1-3H3,(H,20,21). The van der Waals surface area contributed by atoms with E-state index in [-0.39, 0.29) is 12.0 Å². The number of carboxylic acids is 1. The van der Waals surface area contributed by atoms with Gasteiger partial charge in [0.25, 0.3) is 0 Å². The van der Waals surface area contributed by atoms with E-state index < -0.39 is 11.5 Å². The van der Waals surface area contributed by atoms with Crippen LogP contribution in [0.3, 0.4) is 0 Å². The number of nitrogens with zero attached hydrogens (tertiary/aromatic N) is 1. The zero-order valence-electron chi connectivity index (χ0n) is 13.9. The molecule has 1 saturated carbocycles. The van der Waals surface area contributed by atoms with Gasteiger partial charge in [0.15, 0.2) is 0 Å². The molecular formula is C17H32N2O2. The van der Waals surface area contributed by atoms with E-state index in [4.69, 9.17) is 0 Å². The molecule has 0 bridgehead atoms. The number of nitrogens with one attached hydrogen (secondary N) is 1. The Morgan fingerprint density at radius 2 is 2.19 bits per heavy atom. The minimum Gasteiger partial charge on any atom is -0.480 e. The third kappa shape index (κ3) is 3.78. The first kappa shape index (κ1) is 16.8. The average Bonchev–Trinajstić information content (AvgIpc) is 3.03. The molecular weight excluding hydrogens is 264 g/mol. The van der Waals surface area contributed by atoms with Crippen molar-refractivity contribution in [3.05, 3.63) is 0 Å². The summed E-state index contributed by atoms with van der Waals surface area (Å²) in [4.78, 5) is 14.4. The number of aliphatic carboxylic acids is 1. The summed E-state index contributed by atoms with van der Waals surface area (Å²) >= 11 is 0. The molecule has 1 aliphatic heterocycles. The Morgan fingerprint density at radius 1 is 1.43 bits per heavy atom. The van der Waals surface area contributed by atoms with Crippen molar-refractivity contribution >= 4 is 5.97 Å². The van der Waals surface area contributed by atoms with Gasteiger partial charge >= 0.3 is 5.97 Å². The normalized spacial score (nSPS) is 33.9. The summed E-state index contributed by atoms with van der Waals surface area (Å²) in [5.41, 5.74) is -0.682. The lowest BCUT2D eigenvalue weighted by atomic mass is 9.83. The second kappa shape index (κ2) is 7.10. The van der Waals surface area contributed by atoms with Crippen molar-refractivity contribution in [2.24, 2.45) is 11.8 Å². The molecule has 3 unspecified atom stereocenters. The van der Waals surface area contributed by atoms with Crippen LogP contribution in [0, 0.1) is 11.8 Å². The second-order valence-electron chi connectivity index (χ2n) is 7.32. The lowest BCUT2D eigenvalue weighted by Crippen LogP contribution is -2.57. The number of likely N-dealkylation sites (tertiary alicyclic amines) is 1. The smallest absolute Gasteiger partial charge is 0.324 e. The van der Waals surface area contributed by atoms with Gasteiger partial charge < -0.3 is 10.0 Å². The summed E-state index contributed by atoms with van der Waals surface area (Å²) < 4.78 is 0. The fraction of sp³-hybridized carbons (Fsp3) is 0.941. The van der Waals surface area contributed by atoms with Crippen LogP contribution in [0.25, 0.3) is 0 Å². The Kier molecular flexibility index (Phi) is 5.67. The van der Waals surface area contributed by atoms with Crippen LogP contribution in [0.4, 0.5) is 0 Å². The summed E-state index contributed by atoms with van der Waals surface area (Å²) in [5.74, 6) is 0.483. The van der Waals surface area contributed by atoms with Crippen LogP contribution in [-0.4, -0.2) is 47.2 Å². The first-order valence-corrected chi connectivity index (χ1v) is 8.71. The number of carboxylic acid groups (broad SMARTS) is 1. The molecule has 4 heteroatoms. The van der Waals surface area contributed by atoms with E-state index in [2.05, 4.69) is 17.1 Å². The lowest BCUT2D eigenvalue weighted by Gasteiger charge is -2.35. The quantitative estimate of drug-likeness (QED) is 0.758. The summed E-state index contributed by atoms with van der Waals surface area (Å²) in [5, 5.41) is 13.2. The highest BCUT2D eigenvalue weighted by Gasteiger charge is 2.49. The predicted octanol–water partition coefficient (Wildman–Crippen LogP) is 2.73. The molecule has 0 aromatic heterocycles. The van der Waals surface area contributed by atoms with Crippen molar-refractivity contribution in [2.45, 2.75) is 70.9 Å². The maximum atomic E-state index is 11.9. The summed E-state index contributed by atoms with van der Waals surface area (Å²) in [6.45, 7) is 9.84. The minimum absolute atomic E-state index is 0.220. The Labute approximate surface area is 129 Å². The molecule has 4 nitrogen and oxygen atoms in total. The van der Waals surface area contributed by atoms with Gasteiger partial charge in [-0.05, 0) is 64.5 Å². The van der Waals surface area contributed by atoms with Crippen molar-refractivity contribution in [3.63, 3.8) is 0 Å². The molecule has 0 spiro atoms. The molecule has 2 rings (SSSR count). The van der Waals surface area contributed by atoms with Gasteiger partial charge in [0, 0.05) is 12.6 Å². The van der Waals surface area contributed by atoms with Gasteiger partial charge in [0.1, 0.15) is 5.54 Å². The highest BCUT2D eigenvalue weighted by atomic mass is 16.4. The van der Waals surface area contributed by atoms with Crippen molar-refractivity contribution in [1.82, 2.24) is 10.2 Å². The number of carbonyl (C=O) groups is 1. The van der Waals surface area contributed by atoms with Crippen LogP contribution in [0.2, 0.25) is 0 Å². The monoisotopic (exact) mass is 296 g/mol. The van der Waals surface area contributed by atoms with Crippen LogP contribution in [0.1, 0.15) is 59.3 Å². The first-order valence-electron chi connectivity index (χ1n) is 8.71. The van der Waals surface area contributed by atoms with Crippen molar-refractivity contribution in [2.75, 3.05) is 19.6 Å². The van der Waals surface area contributed by atoms with Crippen molar-refractivity contribution < 1.29 is 9.90 Å². The molecule has 2 fully saturated rings. The molecule has 1 saturated heterocycles. The Hall–Kier alpha value is -0.610. The van der Waals surface area contributed by atoms with Gasteiger partial charge in [0.05, 0.1) is 0 Å². The summed E-state index contributed by atoms with van der Waals surface area (Å²) in [6, 6.07) is 0.220. The van der Waals surface area contributed by atoms with Gasteiger partial charge in [-0.1, -0.05) is 19.8 Å². The predicted molar refractivity (Wildman–Crippen MR) is 85.4 cm³/mol. The summed E-state index contributed by atoms with van der Waals surface area (Å²) in [6.07, 6.45) is 6.47. The largest absolute Gasteiger partial charge is 0.480 e. The zero-order chi connectivity index (χ0) is 15.5. The van der Waals surface area contributed by atoms with E-state index in [0.717, 1.165) is 38.1 Å². The first-order chi connectivity index (χ1) is 9.98. The maximum absolute atomic E-state index is 11.9. The van der Waals surface area contributed by atoms with Gasteiger partial charge in [-0.2, -0.15) is 0 Å². The van der Waals surface area contributed by atoms with Gasteiger partial charge in [0.2, 0.25) is 0 Å². The SMILES string of the molecule is CCC1CCN(CCC2CCCC2(NC(C)C)C(=O)O)C1. The van der Waals surface area contributed by atoms with Crippen LogP contribution in [-0.2, 0) is 4.79 Å². The molecule has 122 valence electrons. The third-order valence-corrected chi connectivity index (χ3v) is 5.49. The fourth-order valence-corrected chi connectivity index (χ4v) is 4.30. The third-order valence-electron chi connectivity index (χ3n) is 5.49. The molecule has 2 N–H and O–H groups in total. The number of hydrogen-bond acceptors (Lipinski definition) is 3. The zero-order valence-corrected chi connectivity index (χ0v) is 13.9. The van der Waals surface area contributed by atoms with Gasteiger partial charge in [-0.25, -0.2) is 0 Å². The minimum atomic E-state index is -0.682. The Balaban J connectivity index is 1.93. The van der Waals surface area contributed by atoms with Crippen molar-refractivity contribution in [3.8, 4) is 0 Å². The van der Waals surface area contributed by atoms with Crippen LogP contribution < -0.4 is 5.32 Å². The molecule has 0 aromatic rings. The number of hydrogen-bond donors (Lipinski definition) is 2. The molecule has 1 aliphatic carbocycles. The van der Waals surface area contributed by atoms with Crippen LogP contribution in [0.15, 0.2) is 0 Å². The molecule has 1 heterocycles. The van der Waals surface area contributed by atoms with Crippen molar-refractivity contribution in [1.29, 1.82) is 0 Å². The molecule has 0 amide bonds. The fourth-order valence-electron chi connectivity index (χ4n) is 4.30. The van der Waals surface area contributed by atoms with Gasteiger partial charge in [-0.15, -0.1) is 0 Å². The second-order valence-corrected chi connectivity index (χ2v) is 7.32.